The molecule has 2 aromatic rings. The lowest BCUT2D eigenvalue weighted by Crippen LogP contribution is -2.42. The fourth-order valence-corrected chi connectivity index (χ4v) is 3.29. The predicted molar refractivity (Wildman–Crippen MR) is 94.8 cm³/mol. The molecule has 1 aliphatic heterocycles. The molecule has 0 aromatic carbocycles. The largest absolute Gasteiger partial charge is 0.365 e. The number of rotatable bonds is 4. The molecule has 6 heteroatoms. The van der Waals surface area contributed by atoms with Crippen molar-refractivity contribution >= 4 is 27.6 Å². The van der Waals surface area contributed by atoms with E-state index in [1.807, 2.05) is 24.5 Å². The van der Waals surface area contributed by atoms with Gasteiger partial charge < -0.3 is 10.2 Å². The smallest absolute Gasteiger partial charge is 0.133 e. The highest BCUT2D eigenvalue weighted by Crippen LogP contribution is 2.38. The van der Waals surface area contributed by atoms with Gasteiger partial charge in [-0.3, -0.25) is 0 Å². The van der Waals surface area contributed by atoms with Crippen molar-refractivity contribution in [3.05, 3.63) is 40.9 Å². The van der Waals surface area contributed by atoms with Gasteiger partial charge in [-0.2, -0.15) is 0 Å². The Kier molecular flexibility index (Phi) is 4.16. The number of nitrogens with zero attached hydrogens (tertiary/aromatic N) is 4. The Bertz CT molecular complexity index is 671. The minimum absolute atomic E-state index is 0.399. The third kappa shape index (κ3) is 3.63. The van der Waals surface area contributed by atoms with E-state index in [1.54, 1.807) is 0 Å². The molecule has 4 rings (SSSR count). The van der Waals surface area contributed by atoms with E-state index in [9.17, 15) is 0 Å². The van der Waals surface area contributed by atoms with E-state index in [0.29, 0.717) is 12.0 Å². The van der Waals surface area contributed by atoms with Crippen LogP contribution in [0.15, 0.2) is 35.1 Å². The molecule has 2 aliphatic rings. The summed E-state index contributed by atoms with van der Waals surface area (Å²) >= 11 is 3.44. The topological polar surface area (TPSA) is 53.9 Å². The van der Waals surface area contributed by atoms with Gasteiger partial charge in [-0.05, 0) is 59.8 Å². The molecule has 0 radical (unpaired) electrons. The van der Waals surface area contributed by atoms with Gasteiger partial charge in [0.2, 0.25) is 0 Å². The number of nitrogens with one attached hydrogen (secondary N) is 1. The zero-order valence-corrected chi connectivity index (χ0v) is 14.5. The Morgan fingerprint density at radius 3 is 2.83 bits per heavy atom. The summed E-state index contributed by atoms with van der Waals surface area (Å²) in [5.74, 6) is 3.59. The normalized spacial score (nSPS) is 21.3. The van der Waals surface area contributed by atoms with Gasteiger partial charge in [0.05, 0.1) is 0 Å². The Hall–Kier alpha value is -1.69. The van der Waals surface area contributed by atoms with Crippen molar-refractivity contribution in [3.63, 3.8) is 0 Å². The third-order valence-corrected chi connectivity index (χ3v) is 4.89. The lowest BCUT2D eigenvalue weighted by atomic mass is 10.1. The summed E-state index contributed by atoms with van der Waals surface area (Å²) in [6, 6.07) is 6.49. The average molecular weight is 374 g/mol. The van der Waals surface area contributed by atoms with Crippen LogP contribution in [0.5, 0.6) is 0 Å². The molecule has 5 nitrogen and oxygen atoms in total. The van der Waals surface area contributed by atoms with Crippen LogP contribution in [0.2, 0.25) is 0 Å². The first kappa shape index (κ1) is 14.9. The summed E-state index contributed by atoms with van der Waals surface area (Å²) in [5.41, 5.74) is 0. The number of halogens is 1. The van der Waals surface area contributed by atoms with Gasteiger partial charge in [-0.15, -0.1) is 0 Å². The lowest BCUT2D eigenvalue weighted by Gasteiger charge is -2.34. The number of hydrogen-bond donors (Lipinski definition) is 1. The van der Waals surface area contributed by atoms with Gasteiger partial charge in [0.1, 0.15) is 17.5 Å². The Balaban J connectivity index is 1.43. The second-order valence-electron chi connectivity index (χ2n) is 6.34. The monoisotopic (exact) mass is 373 g/mol. The third-order valence-electron chi connectivity index (χ3n) is 4.43. The predicted octanol–water partition coefficient (Wildman–Crippen LogP) is 3.59. The average Bonchev–Trinajstić information content (AvgIpc) is 3.41. The van der Waals surface area contributed by atoms with Crippen LogP contribution in [0.3, 0.4) is 0 Å². The van der Waals surface area contributed by atoms with E-state index in [4.69, 9.17) is 0 Å². The first-order valence-corrected chi connectivity index (χ1v) is 9.03. The summed E-state index contributed by atoms with van der Waals surface area (Å²) in [6.45, 7) is 2.02. The highest BCUT2D eigenvalue weighted by Gasteiger charge is 2.27. The van der Waals surface area contributed by atoms with Crippen molar-refractivity contribution in [1.82, 2.24) is 15.0 Å². The molecule has 1 unspecified atom stereocenters. The number of anilines is 2. The van der Waals surface area contributed by atoms with Gasteiger partial charge >= 0.3 is 0 Å². The summed E-state index contributed by atoms with van der Waals surface area (Å²) < 4.78 is 1.02. The quantitative estimate of drug-likeness (QED) is 0.887. The fourth-order valence-electron chi connectivity index (χ4n) is 3.06. The molecule has 1 saturated heterocycles. The molecule has 2 aromatic heterocycles. The van der Waals surface area contributed by atoms with E-state index in [2.05, 4.69) is 47.2 Å². The fraction of sp³-hybridized carbons (Fsp3) is 0.471. The highest BCUT2D eigenvalue weighted by atomic mass is 79.9. The van der Waals surface area contributed by atoms with E-state index in [0.717, 1.165) is 47.9 Å². The van der Waals surface area contributed by atoms with Crippen LogP contribution < -0.4 is 10.2 Å². The molecule has 0 bridgehead atoms. The van der Waals surface area contributed by atoms with Gasteiger partial charge in [0, 0.05) is 41.9 Å². The van der Waals surface area contributed by atoms with Crippen LogP contribution >= 0.6 is 15.9 Å². The molecule has 120 valence electrons. The summed E-state index contributed by atoms with van der Waals surface area (Å²) in [6.07, 6.45) is 8.52. The van der Waals surface area contributed by atoms with Crippen LogP contribution in [0, 0.1) is 0 Å². The van der Waals surface area contributed by atoms with Crippen LogP contribution in [0.1, 0.15) is 37.4 Å². The van der Waals surface area contributed by atoms with Crippen molar-refractivity contribution in [2.45, 2.75) is 37.6 Å². The zero-order chi connectivity index (χ0) is 15.6. The summed E-state index contributed by atoms with van der Waals surface area (Å²) in [5, 5.41) is 3.59. The van der Waals surface area contributed by atoms with Gasteiger partial charge in [-0.25, -0.2) is 15.0 Å². The van der Waals surface area contributed by atoms with Crippen molar-refractivity contribution in [3.8, 4) is 0 Å². The SMILES string of the molecule is Brc1ccc(N2CCCC(Nc3ccnc(C4CC4)n3)C2)nc1. The number of hydrogen-bond acceptors (Lipinski definition) is 5. The first-order chi connectivity index (χ1) is 11.3. The van der Waals surface area contributed by atoms with Gasteiger partial charge in [-0.1, -0.05) is 0 Å². The maximum Gasteiger partial charge on any atom is 0.133 e. The van der Waals surface area contributed by atoms with Crippen LogP contribution in [0.25, 0.3) is 0 Å². The maximum absolute atomic E-state index is 4.68. The summed E-state index contributed by atoms with van der Waals surface area (Å²) in [7, 11) is 0. The first-order valence-electron chi connectivity index (χ1n) is 8.24. The highest BCUT2D eigenvalue weighted by molar-refractivity contribution is 9.10. The molecule has 1 saturated carbocycles. The zero-order valence-electron chi connectivity index (χ0n) is 13.0. The number of pyridine rings is 1. The van der Waals surface area contributed by atoms with Crippen LogP contribution in [0.4, 0.5) is 11.6 Å². The van der Waals surface area contributed by atoms with Crippen molar-refractivity contribution in [2.75, 3.05) is 23.3 Å². The Morgan fingerprint density at radius 1 is 1.13 bits per heavy atom. The van der Waals surface area contributed by atoms with Crippen molar-refractivity contribution in [2.24, 2.45) is 0 Å². The molecule has 1 aliphatic carbocycles. The molecule has 1 atom stereocenters. The van der Waals surface area contributed by atoms with E-state index in [1.165, 1.54) is 12.8 Å². The summed E-state index contributed by atoms with van der Waals surface area (Å²) in [4.78, 5) is 15.9. The molecular formula is C17H20BrN5. The Labute approximate surface area is 144 Å². The molecule has 0 amide bonds. The molecule has 3 heterocycles. The van der Waals surface area contributed by atoms with E-state index < -0.39 is 0 Å². The molecule has 23 heavy (non-hydrogen) atoms. The minimum Gasteiger partial charge on any atom is -0.365 e. The van der Waals surface area contributed by atoms with Crippen molar-refractivity contribution in [1.29, 1.82) is 0 Å². The van der Waals surface area contributed by atoms with Crippen LogP contribution in [-0.2, 0) is 0 Å². The minimum atomic E-state index is 0.399. The second kappa shape index (κ2) is 6.43. The Morgan fingerprint density at radius 2 is 2.04 bits per heavy atom. The number of piperidine rings is 1. The molecule has 0 spiro atoms. The van der Waals surface area contributed by atoms with Crippen LogP contribution in [-0.4, -0.2) is 34.1 Å². The maximum atomic E-state index is 4.68. The van der Waals surface area contributed by atoms with E-state index >= 15 is 0 Å². The van der Waals surface area contributed by atoms with Gasteiger partial charge in [0.25, 0.3) is 0 Å². The molecular weight excluding hydrogens is 354 g/mol. The lowest BCUT2D eigenvalue weighted by molar-refractivity contribution is 0.525. The standard InChI is InChI=1S/C17H20BrN5/c18-13-5-6-16(20-10-13)23-9-1-2-14(11-23)21-15-7-8-19-17(22-15)12-3-4-12/h5-8,10,12,14H,1-4,9,11H2,(H,19,21,22). The molecule has 2 fully saturated rings. The van der Waals surface area contributed by atoms with E-state index in [-0.39, 0.29) is 0 Å². The second-order valence-corrected chi connectivity index (χ2v) is 7.25. The van der Waals surface area contributed by atoms with Crippen molar-refractivity contribution < 1.29 is 0 Å². The number of aromatic nitrogens is 3. The molecule has 1 N–H and O–H groups in total. The van der Waals surface area contributed by atoms with Gasteiger partial charge in [0.15, 0.2) is 0 Å².